The zero-order chi connectivity index (χ0) is 22.2. The highest BCUT2D eigenvalue weighted by atomic mass is 16.5. The van der Waals surface area contributed by atoms with Gasteiger partial charge in [0, 0.05) is 18.3 Å². The number of hydrogen-bond acceptors (Lipinski definition) is 5. The molecule has 3 aromatic carbocycles. The second-order valence-electron chi connectivity index (χ2n) is 6.89. The molecule has 0 fully saturated rings. The van der Waals surface area contributed by atoms with Gasteiger partial charge in [0.15, 0.2) is 0 Å². The van der Waals surface area contributed by atoms with E-state index < -0.39 is 6.04 Å². The molecule has 0 aliphatic rings. The third kappa shape index (κ3) is 6.24. The second-order valence-corrected chi connectivity index (χ2v) is 6.89. The van der Waals surface area contributed by atoms with E-state index >= 15 is 0 Å². The molecule has 0 saturated carbocycles. The minimum absolute atomic E-state index is 0.179. The van der Waals surface area contributed by atoms with Crippen molar-refractivity contribution in [2.75, 3.05) is 23.1 Å². The smallest absolute Gasteiger partial charge is 0.246 e. The van der Waals surface area contributed by atoms with Crippen LogP contribution in [0.1, 0.15) is 13.8 Å². The summed E-state index contributed by atoms with van der Waals surface area (Å²) in [6, 6.07) is 21.2. The van der Waals surface area contributed by atoms with Crippen LogP contribution in [0.15, 0.2) is 72.8 Å². The number of ether oxygens (including phenoxy) is 2. The zero-order valence-corrected chi connectivity index (χ0v) is 17.6. The highest BCUT2D eigenvalue weighted by Crippen LogP contribution is 2.29. The topological polar surface area (TPSA) is 88.7 Å². The predicted molar refractivity (Wildman–Crippen MR) is 122 cm³/mol. The van der Waals surface area contributed by atoms with Crippen molar-refractivity contribution >= 4 is 28.9 Å². The van der Waals surface area contributed by atoms with Crippen LogP contribution in [0.2, 0.25) is 0 Å². The molecule has 0 unspecified atom stereocenters. The number of nitrogens with one attached hydrogen (secondary N) is 3. The Hall–Kier alpha value is -4.00. The Bertz CT molecular complexity index is 1040. The summed E-state index contributed by atoms with van der Waals surface area (Å²) in [5.41, 5.74) is 1.86. The number of benzene rings is 3. The Morgan fingerprint density at radius 3 is 2.13 bits per heavy atom. The minimum Gasteiger partial charge on any atom is -0.495 e. The lowest BCUT2D eigenvalue weighted by Gasteiger charge is -2.18. The monoisotopic (exact) mass is 419 g/mol. The summed E-state index contributed by atoms with van der Waals surface area (Å²) in [6.07, 6.45) is 0. The molecular formula is C24H25N3O4. The van der Waals surface area contributed by atoms with Crippen molar-refractivity contribution in [3.63, 3.8) is 0 Å². The zero-order valence-electron chi connectivity index (χ0n) is 17.6. The van der Waals surface area contributed by atoms with E-state index in [1.165, 1.54) is 6.92 Å². The SMILES string of the molecule is COc1ccc(NC(C)=O)cc1N[C@@H](C)C(=O)Nc1ccc(Oc2ccccc2)cc1. The molecule has 0 saturated heterocycles. The van der Waals surface area contributed by atoms with Gasteiger partial charge in [-0.1, -0.05) is 18.2 Å². The van der Waals surface area contributed by atoms with Crippen molar-refractivity contribution < 1.29 is 19.1 Å². The molecule has 31 heavy (non-hydrogen) atoms. The van der Waals surface area contributed by atoms with Crippen LogP contribution in [0.4, 0.5) is 17.1 Å². The average Bonchev–Trinajstić information content (AvgIpc) is 2.75. The lowest BCUT2D eigenvalue weighted by atomic mass is 10.2. The van der Waals surface area contributed by atoms with E-state index in [-0.39, 0.29) is 11.8 Å². The Kier molecular flexibility index (Phi) is 7.11. The summed E-state index contributed by atoms with van der Waals surface area (Å²) < 4.78 is 11.1. The van der Waals surface area contributed by atoms with Crippen LogP contribution >= 0.6 is 0 Å². The summed E-state index contributed by atoms with van der Waals surface area (Å²) in [4.78, 5) is 23.9. The number of anilines is 3. The molecular weight excluding hydrogens is 394 g/mol. The van der Waals surface area contributed by atoms with Gasteiger partial charge in [-0.3, -0.25) is 9.59 Å². The first-order chi connectivity index (χ1) is 14.9. The predicted octanol–water partition coefficient (Wildman–Crippen LogP) is 4.89. The van der Waals surface area contributed by atoms with E-state index in [4.69, 9.17) is 9.47 Å². The van der Waals surface area contributed by atoms with Gasteiger partial charge in [-0.25, -0.2) is 0 Å². The molecule has 0 bridgehead atoms. The molecule has 0 aliphatic carbocycles. The van der Waals surface area contributed by atoms with Gasteiger partial charge in [-0.2, -0.15) is 0 Å². The fourth-order valence-corrected chi connectivity index (χ4v) is 2.88. The van der Waals surface area contributed by atoms with Crippen molar-refractivity contribution in [3.05, 3.63) is 72.8 Å². The molecule has 0 radical (unpaired) electrons. The van der Waals surface area contributed by atoms with Gasteiger partial charge >= 0.3 is 0 Å². The Labute approximate surface area is 181 Å². The lowest BCUT2D eigenvalue weighted by Crippen LogP contribution is -2.32. The van der Waals surface area contributed by atoms with Gasteiger partial charge < -0.3 is 25.4 Å². The van der Waals surface area contributed by atoms with Gasteiger partial charge in [0.1, 0.15) is 23.3 Å². The maximum absolute atomic E-state index is 12.6. The summed E-state index contributed by atoms with van der Waals surface area (Å²) >= 11 is 0. The van der Waals surface area contributed by atoms with Crippen LogP contribution < -0.4 is 25.4 Å². The molecule has 3 N–H and O–H groups in total. The molecule has 0 spiro atoms. The van der Waals surface area contributed by atoms with Crippen LogP contribution in [0.3, 0.4) is 0 Å². The quantitative estimate of drug-likeness (QED) is 0.484. The summed E-state index contributed by atoms with van der Waals surface area (Å²) in [5, 5.41) is 8.71. The van der Waals surface area contributed by atoms with Crippen LogP contribution in [0.5, 0.6) is 17.2 Å². The number of hydrogen-bond donors (Lipinski definition) is 3. The summed E-state index contributed by atoms with van der Waals surface area (Å²) in [5.74, 6) is 1.59. The number of carbonyl (C=O) groups excluding carboxylic acids is 2. The summed E-state index contributed by atoms with van der Waals surface area (Å²) in [7, 11) is 1.54. The second kappa shape index (κ2) is 10.2. The van der Waals surface area contributed by atoms with Gasteiger partial charge in [-0.05, 0) is 61.5 Å². The first kappa shape index (κ1) is 21.7. The van der Waals surface area contributed by atoms with Crippen molar-refractivity contribution in [2.24, 2.45) is 0 Å². The third-order valence-electron chi connectivity index (χ3n) is 4.39. The number of methoxy groups -OCH3 is 1. The number of rotatable bonds is 8. The fourth-order valence-electron chi connectivity index (χ4n) is 2.88. The normalized spacial score (nSPS) is 11.2. The van der Waals surface area contributed by atoms with Crippen LogP contribution in [-0.2, 0) is 9.59 Å². The van der Waals surface area contributed by atoms with E-state index in [1.807, 2.05) is 30.3 Å². The minimum atomic E-state index is -0.554. The maximum Gasteiger partial charge on any atom is 0.246 e. The fraction of sp³-hybridized carbons (Fsp3) is 0.167. The van der Waals surface area contributed by atoms with Crippen LogP contribution in [0, 0.1) is 0 Å². The largest absolute Gasteiger partial charge is 0.495 e. The van der Waals surface area contributed by atoms with E-state index in [1.54, 1.807) is 56.5 Å². The highest BCUT2D eigenvalue weighted by molar-refractivity contribution is 5.97. The molecule has 0 aromatic heterocycles. The van der Waals surface area contributed by atoms with E-state index in [0.717, 1.165) is 5.75 Å². The maximum atomic E-state index is 12.6. The lowest BCUT2D eigenvalue weighted by molar-refractivity contribution is -0.116. The van der Waals surface area contributed by atoms with Crippen molar-refractivity contribution in [2.45, 2.75) is 19.9 Å². The molecule has 3 aromatic rings. The van der Waals surface area contributed by atoms with E-state index in [2.05, 4.69) is 16.0 Å². The molecule has 7 nitrogen and oxygen atoms in total. The molecule has 3 rings (SSSR count). The third-order valence-corrected chi connectivity index (χ3v) is 4.39. The Balaban J connectivity index is 1.62. The molecule has 0 heterocycles. The van der Waals surface area contributed by atoms with Crippen molar-refractivity contribution in [1.29, 1.82) is 0 Å². The number of carbonyl (C=O) groups is 2. The molecule has 0 aliphatic heterocycles. The molecule has 1 atom stereocenters. The van der Waals surface area contributed by atoms with Crippen LogP contribution in [-0.4, -0.2) is 25.0 Å². The summed E-state index contributed by atoms with van der Waals surface area (Å²) in [6.45, 7) is 3.18. The standard InChI is InChI=1S/C24H25N3O4/c1-16(25-22-15-19(26-17(2)28)11-14-23(22)30-3)24(29)27-18-9-12-21(13-10-18)31-20-7-5-4-6-8-20/h4-16,25H,1-3H3,(H,26,28)(H,27,29)/t16-/m0/s1. The first-order valence-electron chi connectivity index (χ1n) is 9.80. The van der Waals surface area contributed by atoms with E-state index in [0.29, 0.717) is 28.6 Å². The Morgan fingerprint density at radius 2 is 1.48 bits per heavy atom. The molecule has 2 amide bonds. The van der Waals surface area contributed by atoms with Gasteiger partial charge in [0.25, 0.3) is 0 Å². The van der Waals surface area contributed by atoms with Crippen LogP contribution in [0.25, 0.3) is 0 Å². The molecule has 160 valence electrons. The number of amides is 2. The molecule has 7 heteroatoms. The Morgan fingerprint density at radius 1 is 0.839 bits per heavy atom. The first-order valence-corrected chi connectivity index (χ1v) is 9.80. The van der Waals surface area contributed by atoms with E-state index in [9.17, 15) is 9.59 Å². The van der Waals surface area contributed by atoms with Gasteiger partial charge in [0.2, 0.25) is 11.8 Å². The van der Waals surface area contributed by atoms with Crippen molar-refractivity contribution in [3.8, 4) is 17.2 Å². The van der Waals surface area contributed by atoms with Gasteiger partial charge in [0.05, 0.1) is 12.8 Å². The van der Waals surface area contributed by atoms with Crippen molar-refractivity contribution in [1.82, 2.24) is 0 Å². The highest BCUT2D eigenvalue weighted by Gasteiger charge is 2.16. The van der Waals surface area contributed by atoms with Gasteiger partial charge in [-0.15, -0.1) is 0 Å². The number of para-hydroxylation sites is 1. The average molecular weight is 419 g/mol.